The summed E-state index contributed by atoms with van der Waals surface area (Å²) >= 11 is 2.00. The van der Waals surface area contributed by atoms with Gasteiger partial charge in [0, 0.05) is 12.6 Å². The van der Waals surface area contributed by atoms with Gasteiger partial charge in [-0.25, -0.2) is 0 Å². The maximum Gasteiger partial charge on any atom is 0.251 e. The molecule has 0 radical (unpaired) electrons. The van der Waals surface area contributed by atoms with E-state index in [9.17, 15) is 9.90 Å². The van der Waals surface area contributed by atoms with E-state index < -0.39 is 0 Å². The molecular weight excluding hydrogens is 347 g/mol. The first-order valence-electron chi connectivity index (χ1n) is 5.17. The van der Waals surface area contributed by atoms with Crippen LogP contribution in [0, 0.1) is 3.57 Å². The summed E-state index contributed by atoms with van der Waals surface area (Å²) < 4.78 is 2.43. The lowest BCUT2D eigenvalue weighted by Gasteiger charge is -2.05. The molecule has 1 heterocycles. The van der Waals surface area contributed by atoms with E-state index in [1.807, 2.05) is 22.6 Å². The van der Waals surface area contributed by atoms with Gasteiger partial charge in [-0.15, -0.1) is 10.2 Å². The van der Waals surface area contributed by atoms with E-state index in [-0.39, 0.29) is 11.7 Å². The Hall–Kier alpha value is -1.64. The number of aromatic hydroxyl groups is 1. The molecule has 6 nitrogen and oxygen atoms in total. The van der Waals surface area contributed by atoms with E-state index >= 15 is 0 Å². The summed E-state index contributed by atoms with van der Waals surface area (Å²) in [5.41, 5.74) is 0.412. The molecule has 1 aromatic carbocycles. The summed E-state index contributed by atoms with van der Waals surface area (Å²) in [6, 6.07) is 4.79. The number of hydrogen-bond donors (Lipinski definition) is 2. The Morgan fingerprint density at radius 1 is 1.56 bits per heavy atom. The van der Waals surface area contributed by atoms with Crippen molar-refractivity contribution in [3.8, 4) is 5.75 Å². The molecule has 18 heavy (non-hydrogen) atoms. The Bertz CT molecular complexity index is 582. The summed E-state index contributed by atoms with van der Waals surface area (Å²) in [7, 11) is 1.80. The summed E-state index contributed by atoms with van der Waals surface area (Å²) in [4.78, 5) is 11.8. The number of amides is 1. The van der Waals surface area contributed by atoms with Gasteiger partial charge in [-0.1, -0.05) is 0 Å². The van der Waals surface area contributed by atoms with Gasteiger partial charge in [0.2, 0.25) is 0 Å². The number of carbonyl (C=O) groups excluding carboxylic acids is 1. The molecule has 0 atom stereocenters. The lowest BCUT2D eigenvalue weighted by Crippen LogP contribution is -2.24. The summed E-state index contributed by atoms with van der Waals surface area (Å²) in [5.74, 6) is 0.504. The van der Waals surface area contributed by atoms with Crippen LogP contribution in [0.5, 0.6) is 5.75 Å². The Balaban J connectivity index is 2.04. The highest BCUT2D eigenvalue weighted by molar-refractivity contribution is 14.1. The van der Waals surface area contributed by atoms with Gasteiger partial charge in [0.15, 0.2) is 5.82 Å². The topological polar surface area (TPSA) is 80.0 Å². The van der Waals surface area contributed by atoms with E-state index in [2.05, 4.69) is 15.5 Å². The Morgan fingerprint density at radius 2 is 2.33 bits per heavy atom. The van der Waals surface area contributed by atoms with E-state index in [0.29, 0.717) is 21.5 Å². The maximum absolute atomic E-state index is 11.8. The predicted octanol–water partition coefficient (Wildman–Crippen LogP) is 1.06. The zero-order valence-electron chi connectivity index (χ0n) is 9.59. The number of phenolic OH excluding ortho intramolecular Hbond substituents is 1. The molecule has 0 spiro atoms. The van der Waals surface area contributed by atoms with Gasteiger partial charge >= 0.3 is 0 Å². The Kier molecular flexibility index (Phi) is 3.80. The molecule has 2 N–H and O–H groups in total. The van der Waals surface area contributed by atoms with Gasteiger partial charge in [-0.2, -0.15) is 0 Å². The first-order chi connectivity index (χ1) is 8.58. The fourth-order valence-corrected chi connectivity index (χ4v) is 1.72. The number of carbonyl (C=O) groups is 1. The third kappa shape index (κ3) is 2.78. The minimum absolute atomic E-state index is 0.0990. The highest BCUT2D eigenvalue weighted by Gasteiger charge is 2.09. The number of hydrogen-bond acceptors (Lipinski definition) is 4. The molecule has 0 unspecified atom stereocenters. The van der Waals surface area contributed by atoms with Crippen LogP contribution < -0.4 is 5.32 Å². The van der Waals surface area contributed by atoms with Gasteiger partial charge in [0.05, 0.1) is 10.1 Å². The molecule has 0 fully saturated rings. The van der Waals surface area contributed by atoms with Crippen LogP contribution in [0.3, 0.4) is 0 Å². The molecule has 2 aromatic rings. The molecule has 7 heteroatoms. The monoisotopic (exact) mass is 358 g/mol. The third-order valence-electron chi connectivity index (χ3n) is 2.42. The normalized spacial score (nSPS) is 10.3. The van der Waals surface area contributed by atoms with Crippen molar-refractivity contribution < 1.29 is 9.90 Å². The average Bonchev–Trinajstić information content (AvgIpc) is 2.75. The second-order valence-corrected chi connectivity index (χ2v) is 4.87. The standard InChI is InChI=1S/C11H11IN4O2/c1-16-6-14-15-10(16)5-13-11(18)7-2-3-8(12)9(17)4-7/h2-4,6,17H,5H2,1H3,(H,13,18). The second-order valence-electron chi connectivity index (χ2n) is 3.71. The van der Waals surface area contributed by atoms with Crippen molar-refractivity contribution >= 4 is 28.5 Å². The van der Waals surface area contributed by atoms with Crippen molar-refractivity contribution in [2.45, 2.75) is 6.54 Å². The molecular formula is C11H11IN4O2. The zero-order chi connectivity index (χ0) is 13.1. The van der Waals surface area contributed by atoms with Crippen LogP contribution in [0.4, 0.5) is 0 Å². The lowest BCUT2D eigenvalue weighted by molar-refractivity contribution is 0.0949. The molecule has 0 saturated carbocycles. The van der Waals surface area contributed by atoms with Crippen LogP contribution in [0.25, 0.3) is 0 Å². The minimum atomic E-state index is -0.260. The molecule has 0 bridgehead atoms. The molecule has 2 rings (SSSR count). The van der Waals surface area contributed by atoms with Crippen molar-refractivity contribution in [2.24, 2.45) is 7.05 Å². The van der Waals surface area contributed by atoms with Gasteiger partial charge in [0.1, 0.15) is 12.1 Å². The molecule has 0 saturated heterocycles. The molecule has 94 valence electrons. The predicted molar refractivity (Wildman–Crippen MR) is 73.0 cm³/mol. The number of phenols is 1. The Labute approximate surface area is 117 Å². The average molecular weight is 358 g/mol. The fraction of sp³-hybridized carbons (Fsp3) is 0.182. The smallest absolute Gasteiger partial charge is 0.251 e. The third-order valence-corrected chi connectivity index (χ3v) is 3.33. The van der Waals surface area contributed by atoms with Crippen molar-refractivity contribution in [1.82, 2.24) is 20.1 Å². The van der Waals surface area contributed by atoms with Gasteiger partial charge in [-0.3, -0.25) is 4.79 Å². The Morgan fingerprint density at radius 3 is 2.94 bits per heavy atom. The van der Waals surface area contributed by atoms with E-state index in [0.717, 1.165) is 0 Å². The van der Waals surface area contributed by atoms with Crippen molar-refractivity contribution in [1.29, 1.82) is 0 Å². The fourth-order valence-electron chi connectivity index (χ4n) is 1.38. The van der Waals surface area contributed by atoms with Crippen LogP contribution in [0.15, 0.2) is 24.5 Å². The molecule has 0 aliphatic heterocycles. The molecule has 0 aliphatic rings. The summed E-state index contributed by atoms with van der Waals surface area (Å²) in [6.07, 6.45) is 1.57. The van der Waals surface area contributed by atoms with E-state index in [4.69, 9.17) is 0 Å². The summed E-state index contributed by atoms with van der Waals surface area (Å²) in [5, 5.41) is 19.8. The van der Waals surface area contributed by atoms with Gasteiger partial charge in [0.25, 0.3) is 5.91 Å². The van der Waals surface area contributed by atoms with E-state index in [1.165, 1.54) is 6.07 Å². The highest BCUT2D eigenvalue weighted by Crippen LogP contribution is 2.20. The highest BCUT2D eigenvalue weighted by atomic mass is 127. The number of nitrogens with one attached hydrogen (secondary N) is 1. The number of benzene rings is 1. The molecule has 1 amide bonds. The quantitative estimate of drug-likeness (QED) is 0.804. The minimum Gasteiger partial charge on any atom is -0.507 e. The number of aromatic nitrogens is 3. The van der Waals surface area contributed by atoms with Gasteiger partial charge < -0.3 is 15.0 Å². The molecule has 1 aromatic heterocycles. The zero-order valence-corrected chi connectivity index (χ0v) is 11.7. The number of nitrogens with zero attached hydrogens (tertiary/aromatic N) is 3. The summed E-state index contributed by atoms with van der Waals surface area (Å²) in [6.45, 7) is 0.294. The van der Waals surface area contributed by atoms with Crippen molar-refractivity contribution in [3.63, 3.8) is 0 Å². The van der Waals surface area contributed by atoms with Crippen LogP contribution in [-0.4, -0.2) is 25.8 Å². The number of rotatable bonds is 3. The maximum atomic E-state index is 11.8. The van der Waals surface area contributed by atoms with Gasteiger partial charge in [-0.05, 0) is 40.8 Å². The first-order valence-corrected chi connectivity index (χ1v) is 6.25. The van der Waals surface area contributed by atoms with Crippen LogP contribution >= 0.6 is 22.6 Å². The first kappa shape index (κ1) is 12.8. The van der Waals surface area contributed by atoms with Crippen LogP contribution in [0.1, 0.15) is 16.2 Å². The number of aryl methyl sites for hydroxylation is 1. The lowest BCUT2D eigenvalue weighted by atomic mass is 10.2. The molecule has 0 aliphatic carbocycles. The largest absolute Gasteiger partial charge is 0.507 e. The number of halogens is 1. The van der Waals surface area contributed by atoms with Crippen molar-refractivity contribution in [2.75, 3.05) is 0 Å². The second kappa shape index (κ2) is 5.34. The van der Waals surface area contributed by atoms with Crippen LogP contribution in [0.2, 0.25) is 0 Å². The van der Waals surface area contributed by atoms with Crippen LogP contribution in [-0.2, 0) is 13.6 Å². The SMILES string of the molecule is Cn1cnnc1CNC(=O)c1ccc(I)c(O)c1. The van der Waals surface area contributed by atoms with E-state index in [1.54, 1.807) is 30.1 Å². The van der Waals surface area contributed by atoms with Crippen molar-refractivity contribution in [3.05, 3.63) is 39.5 Å².